The number of anilines is 1. The average molecular weight is 425 g/mol. The molecule has 5 rings (SSSR count). The number of carbonyl (C=O) groups is 1. The van der Waals surface area contributed by atoms with Gasteiger partial charge in [-0.2, -0.15) is 0 Å². The van der Waals surface area contributed by atoms with Crippen LogP contribution in [0.4, 0.5) is 5.95 Å². The highest BCUT2D eigenvalue weighted by Crippen LogP contribution is 2.32. The number of rotatable bonds is 4. The maximum Gasteiger partial charge on any atom is 0.259 e. The molecule has 1 aliphatic heterocycles. The molecule has 2 aromatic carbocycles. The molecule has 6 nitrogen and oxygen atoms in total. The van der Waals surface area contributed by atoms with Gasteiger partial charge in [-0.1, -0.05) is 43.3 Å². The van der Waals surface area contributed by atoms with Crippen LogP contribution in [0.3, 0.4) is 0 Å². The van der Waals surface area contributed by atoms with E-state index in [1.807, 2.05) is 68.4 Å². The number of hydrogen-bond donors (Lipinski definition) is 1. The Morgan fingerprint density at radius 1 is 1.06 bits per heavy atom. The molecule has 160 valence electrons. The Morgan fingerprint density at radius 2 is 1.78 bits per heavy atom. The topological polar surface area (TPSA) is 76.9 Å². The highest BCUT2D eigenvalue weighted by atomic mass is 16.1. The monoisotopic (exact) mass is 424 g/mol. The smallest absolute Gasteiger partial charge is 0.259 e. The molecule has 32 heavy (non-hydrogen) atoms. The third-order valence-corrected chi connectivity index (χ3v) is 6.02. The predicted octanol–water partition coefficient (Wildman–Crippen LogP) is 4.65. The summed E-state index contributed by atoms with van der Waals surface area (Å²) in [6.07, 6.45) is 3.33. The van der Waals surface area contributed by atoms with E-state index in [0.717, 1.165) is 16.3 Å². The summed E-state index contributed by atoms with van der Waals surface area (Å²) in [4.78, 5) is 36.1. The molecule has 1 unspecified atom stereocenters. The van der Waals surface area contributed by atoms with Gasteiger partial charge in [-0.25, -0.2) is 4.98 Å². The van der Waals surface area contributed by atoms with Gasteiger partial charge < -0.3 is 5.32 Å². The molecule has 0 saturated heterocycles. The number of benzene rings is 2. The number of aromatic nitrogens is 3. The van der Waals surface area contributed by atoms with Crippen LogP contribution >= 0.6 is 0 Å². The highest BCUT2D eigenvalue weighted by molar-refractivity contribution is 6.04. The fraction of sp³-hybridized carbons (Fsp3) is 0.231. The molecular weight excluding hydrogens is 400 g/mol. The summed E-state index contributed by atoms with van der Waals surface area (Å²) in [6.45, 7) is 6.34. The van der Waals surface area contributed by atoms with Crippen molar-refractivity contribution < 1.29 is 4.79 Å². The van der Waals surface area contributed by atoms with Gasteiger partial charge in [0.15, 0.2) is 5.78 Å². The van der Waals surface area contributed by atoms with Crippen LogP contribution in [0.15, 0.2) is 71.8 Å². The number of carbonyl (C=O) groups excluding carboxylic acids is 1. The van der Waals surface area contributed by atoms with E-state index >= 15 is 0 Å². The zero-order valence-electron chi connectivity index (χ0n) is 18.3. The van der Waals surface area contributed by atoms with Crippen LogP contribution in [0.25, 0.3) is 22.0 Å². The molecule has 1 aliphatic rings. The van der Waals surface area contributed by atoms with E-state index in [-0.39, 0.29) is 16.9 Å². The maximum absolute atomic E-state index is 13.6. The van der Waals surface area contributed by atoms with Crippen molar-refractivity contribution >= 4 is 22.5 Å². The lowest BCUT2D eigenvalue weighted by Crippen LogP contribution is -2.31. The van der Waals surface area contributed by atoms with Crippen LogP contribution in [-0.2, 0) is 6.54 Å². The largest absolute Gasteiger partial charge is 0.349 e. The minimum Gasteiger partial charge on any atom is -0.349 e. The summed E-state index contributed by atoms with van der Waals surface area (Å²) in [5, 5.41) is 5.39. The first-order valence-corrected chi connectivity index (χ1v) is 10.7. The zero-order chi connectivity index (χ0) is 22.5. The van der Waals surface area contributed by atoms with Crippen molar-refractivity contribution in [1.82, 2.24) is 14.5 Å². The van der Waals surface area contributed by atoms with Gasteiger partial charge in [0.05, 0.1) is 29.3 Å². The summed E-state index contributed by atoms with van der Waals surface area (Å²) in [7, 11) is 0. The molecule has 2 aromatic heterocycles. The molecule has 0 spiro atoms. The van der Waals surface area contributed by atoms with E-state index in [1.54, 1.807) is 23.9 Å². The standard InChI is InChI=1S/C26H24N4O2/c1-16(23(31)20-9-8-17-6-4-5-7-19(17)14-20)21-22(18-10-12-27-13-11-18)28-25-29-26(2,3)15-30(25)24(21)32/h4-14,16H,15H2,1-3H3,(H,28,29). The molecule has 1 N–H and O–H groups in total. The van der Waals surface area contributed by atoms with Gasteiger partial charge >= 0.3 is 0 Å². The van der Waals surface area contributed by atoms with Crippen molar-refractivity contribution in [2.75, 3.05) is 5.32 Å². The number of fused-ring (bicyclic) bond motifs is 2. The Labute approximate surface area is 186 Å². The molecule has 0 aliphatic carbocycles. The summed E-state index contributed by atoms with van der Waals surface area (Å²) < 4.78 is 1.64. The number of ketones is 1. The van der Waals surface area contributed by atoms with Crippen molar-refractivity contribution in [3.8, 4) is 11.3 Å². The molecule has 0 saturated carbocycles. The van der Waals surface area contributed by atoms with E-state index in [1.165, 1.54) is 0 Å². The minimum atomic E-state index is -0.652. The van der Waals surface area contributed by atoms with Gasteiger partial charge in [0.1, 0.15) is 0 Å². The second-order valence-electron chi connectivity index (χ2n) is 8.98. The van der Waals surface area contributed by atoms with Crippen molar-refractivity contribution in [2.45, 2.75) is 38.8 Å². The average Bonchev–Trinajstić information content (AvgIpc) is 3.12. The third-order valence-electron chi connectivity index (χ3n) is 6.02. The molecule has 4 aromatic rings. The van der Waals surface area contributed by atoms with Crippen molar-refractivity contribution in [2.24, 2.45) is 0 Å². The zero-order valence-corrected chi connectivity index (χ0v) is 18.3. The lowest BCUT2D eigenvalue weighted by molar-refractivity contribution is 0.0965. The van der Waals surface area contributed by atoms with E-state index in [2.05, 4.69) is 10.3 Å². The number of nitrogens with zero attached hydrogens (tertiary/aromatic N) is 3. The second kappa shape index (κ2) is 7.41. The van der Waals surface area contributed by atoms with Crippen LogP contribution in [0.5, 0.6) is 0 Å². The normalized spacial score (nSPS) is 15.2. The fourth-order valence-corrected chi connectivity index (χ4v) is 4.39. The number of Topliss-reactive ketones (excluding diaryl/α,β-unsaturated/α-hetero) is 1. The molecule has 1 atom stereocenters. The Morgan fingerprint density at radius 3 is 2.53 bits per heavy atom. The van der Waals surface area contributed by atoms with E-state index < -0.39 is 5.92 Å². The molecule has 0 amide bonds. The first kappa shape index (κ1) is 20.1. The van der Waals surface area contributed by atoms with Crippen LogP contribution in [0.2, 0.25) is 0 Å². The highest BCUT2D eigenvalue weighted by Gasteiger charge is 2.34. The Bertz CT molecular complexity index is 1410. The second-order valence-corrected chi connectivity index (χ2v) is 8.98. The predicted molar refractivity (Wildman–Crippen MR) is 126 cm³/mol. The Hall–Kier alpha value is -3.80. The van der Waals surface area contributed by atoms with Crippen LogP contribution < -0.4 is 10.9 Å². The lowest BCUT2D eigenvalue weighted by atomic mass is 9.89. The van der Waals surface area contributed by atoms with Crippen molar-refractivity contribution in [1.29, 1.82) is 0 Å². The van der Waals surface area contributed by atoms with Crippen molar-refractivity contribution in [3.63, 3.8) is 0 Å². The van der Waals surface area contributed by atoms with E-state index in [9.17, 15) is 9.59 Å². The Balaban J connectivity index is 1.66. The van der Waals surface area contributed by atoms with Crippen LogP contribution in [0, 0.1) is 0 Å². The summed E-state index contributed by atoms with van der Waals surface area (Å²) in [5.41, 5.74) is 1.81. The summed E-state index contributed by atoms with van der Waals surface area (Å²) >= 11 is 0. The summed E-state index contributed by atoms with van der Waals surface area (Å²) in [6, 6.07) is 17.2. The van der Waals surface area contributed by atoms with Crippen molar-refractivity contribution in [3.05, 3.63) is 88.5 Å². The van der Waals surface area contributed by atoms with Gasteiger partial charge in [0.2, 0.25) is 5.95 Å². The molecule has 0 fully saturated rings. The number of nitrogens with one attached hydrogen (secondary N) is 1. The molecular formula is C26H24N4O2. The molecule has 0 radical (unpaired) electrons. The van der Waals surface area contributed by atoms with Gasteiger partial charge in [-0.15, -0.1) is 0 Å². The first-order chi connectivity index (χ1) is 15.3. The lowest BCUT2D eigenvalue weighted by Gasteiger charge is -2.17. The first-order valence-electron chi connectivity index (χ1n) is 10.7. The van der Waals surface area contributed by atoms with E-state index in [4.69, 9.17) is 4.98 Å². The number of hydrogen-bond acceptors (Lipinski definition) is 5. The van der Waals surface area contributed by atoms with Gasteiger partial charge in [-0.3, -0.25) is 19.1 Å². The number of pyridine rings is 1. The van der Waals surface area contributed by atoms with Crippen LogP contribution in [-0.4, -0.2) is 25.9 Å². The van der Waals surface area contributed by atoms with Gasteiger partial charge in [-0.05, 0) is 42.8 Å². The molecule has 6 heteroatoms. The maximum atomic E-state index is 13.6. The molecule has 3 heterocycles. The fourth-order valence-electron chi connectivity index (χ4n) is 4.39. The summed E-state index contributed by atoms with van der Waals surface area (Å²) in [5.74, 6) is -0.225. The van der Waals surface area contributed by atoms with Gasteiger partial charge in [0.25, 0.3) is 5.56 Å². The Kier molecular flexibility index (Phi) is 4.66. The quantitative estimate of drug-likeness (QED) is 0.483. The third kappa shape index (κ3) is 3.38. The molecule has 0 bridgehead atoms. The minimum absolute atomic E-state index is 0.101. The SMILES string of the molecule is CC(C(=O)c1ccc2ccccc2c1)c1c(-c2ccncc2)nc2n(c1=O)CC(C)(C)N2. The van der Waals surface area contributed by atoms with Crippen LogP contribution in [0.1, 0.15) is 42.6 Å². The van der Waals surface area contributed by atoms with E-state index in [0.29, 0.717) is 29.3 Å². The van der Waals surface area contributed by atoms with Gasteiger partial charge in [0, 0.05) is 23.5 Å².